The van der Waals surface area contributed by atoms with E-state index in [0.29, 0.717) is 32.9 Å². The SMILES string of the molecule is N#Cc1cnn(-c2ncccn2)c1N=Nc1c(O)c(C(=O)Nc2ccc(NC(=O)c3cc4ccccc4c(N=Nc4c(C#N)cnn4-c4ncccn4)c3O)cc2)cc2ccccc12. The molecule has 4 heterocycles. The van der Waals surface area contributed by atoms with E-state index in [-0.39, 0.29) is 57.2 Å². The summed E-state index contributed by atoms with van der Waals surface area (Å²) in [6.45, 7) is 0. The highest BCUT2D eigenvalue weighted by Gasteiger charge is 2.22. The molecule has 0 bridgehead atoms. The van der Waals surface area contributed by atoms with Crippen molar-refractivity contribution in [2.24, 2.45) is 20.5 Å². The van der Waals surface area contributed by atoms with Crippen LogP contribution >= 0.6 is 0 Å². The number of anilines is 2. The number of phenolic OH excluding ortho intramolecular Hbond substituents is 2. The van der Waals surface area contributed by atoms with Crippen molar-refractivity contribution in [1.29, 1.82) is 10.5 Å². The summed E-state index contributed by atoms with van der Waals surface area (Å²) in [5.41, 5.74) is 0.479. The van der Waals surface area contributed by atoms with Crippen molar-refractivity contribution < 1.29 is 19.8 Å². The fourth-order valence-corrected chi connectivity index (χ4v) is 6.54. The molecular formula is C44H26N16O4. The van der Waals surface area contributed by atoms with Crippen molar-refractivity contribution in [3.8, 4) is 35.5 Å². The first-order valence-electron chi connectivity index (χ1n) is 18.9. The number of nitrogens with zero attached hydrogens (tertiary/aromatic N) is 14. The van der Waals surface area contributed by atoms with Crippen LogP contribution in [0.15, 0.2) is 155 Å². The van der Waals surface area contributed by atoms with Gasteiger partial charge in [-0.05, 0) is 59.3 Å². The van der Waals surface area contributed by atoms with Crippen LogP contribution in [0.5, 0.6) is 11.5 Å². The highest BCUT2D eigenvalue weighted by Crippen LogP contribution is 2.42. The molecule has 5 aromatic carbocycles. The zero-order valence-corrected chi connectivity index (χ0v) is 32.7. The number of nitrogens with one attached hydrogen (secondary N) is 2. The molecule has 0 saturated heterocycles. The van der Waals surface area contributed by atoms with E-state index in [0.717, 1.165) is 0 Å². The van der Waals surface area contributed by atoms with Gasteiger partial charge < -0.3 is 20.8 Å². The van der Waals surface area contributed by atoms with E-state index in [9.17, 15) is 30.3 Å². The standard InChI is InChI=1S/C44H26N16O4/c45-21-27-23-51-59(43-47-15-5-16-48-43)39(27)57-55-35-31-9-3-1-7-25(31)19-33(37(35)61)41(63)53-29-11-13-30(14-12-29)54-42(64)34-20-26-8-2-4-10-32(26)36(38(34)62)56-58-40-28(22-46)24-52-60(40)44-49-17-6-18-50-44/h1-20,23-24,61-62H,(H,53,63)(H,54,64). The lowest BCUT2D eigenvalue weighted by Crippen LogP contribution is -2.13. The summed E-state index contributed by atoms with van der Waals surface area (Å²) >= 11 is 0. The molecule has 0 radical (unpaired) electrons. The molecule has 9 aromatic rings. The van der Waals surface area contributed by atoms with E-state index >= 15 is 0 Å². The van der Waals surface area contributed by atoms with Crippen LogP contribution in [0, 0.1) is 22.7 Å². The number of azo groups is 2. The third-order valence-corrected chi connectivity index (χ3v) is 9.58. The molecule has 0 aliphatic heterocycles. The van der Waals surface area contributed by atoms with Crippen LogP contribution in [0.1, 0.15) is 31.8 Å². The monoisotopic (exact) mass is 842 g/mol. The predicted octanol–water partition coefficient (Wildman–Crippen LogP) is 8.43. The Hall–Kier alpha value is -10.1. The first-order valence-corrected chi connectivity index (χ1v) is 18.9. The van der Waals surface area contributed by atoms with Gasteiger partial charge in [-0.3, -0.25) is 9.59 Å². The van der Waals surface area contributed by atoms with E-state index < -0.39 is 23.3 Å². The molecule has 0 unspecified atom stereocenters. The first kappa shape index (κ1) is 39.4. The van der Waals surface area contributed by atoms with E-state index in [4.69, 9.17) is 0 Å². The number of aromatic hydroxyl groups is 2. The second-order valence-corrected chi connectivity index (χ2v) is 13.5. The minimum absolute atomic E-state index is 0.00958. The number of aromatic nitrogens is 8. The zero-order chi connectivity index (χ0) is 44.2. The number of amides is 2. The molecule has 4 aromatic heterocycles. The Morgan fingerprint density at radius 1 is 0.547 bits per heavy atom. The largest absolute Gasteiger partial charge is 0.505 e. The summed E-state index contributed by atoms with van der Waals surface area (Å²) in [7, 11) is 0. The number of nitriles is 2. The molecule has 306 valence electrons. The fraction of sp³-hybridized carbons (Fsp3) is 0. The van der Waals surface area contributed by atoms with Crippen molar-refractivity contribution in [3.05, 3.63) is 156 Å². The zero-order valence-electron chi connectivity index (χ0n) is 32.7. The Morgan fingerprint density at radius 2 is 0.938 bits per heavy atom. The lowest BCUT2D eigenvalue weighted by Gasteiger charge is -2.13. The molecule has 0 atom stereocenters. The van der Waals surface area contributed by atoms with Gasteiger partial charge in [-0.15, -0.1) is 20.5 Å². The van der Waals surface area contributed by atoms with Crippen molar-refractivity contribution >= 4 is 67.7 Å². The van der Waals surface area contributed by atoms with Crippen molar-refractivity contribution in [2.75, 3.05) is 10.6 Å². The third-order valence-electron chi connectivity index (χ3n) is 9.58. The van der Waals surface area contributed by atoms with Gasteiger partial charge in [-0.25, -0.2) is 19.9 Å². The van der Waals surface area contributed by atoms with Crippen molar-refractivity contribution in [2.45, 2.75) is 0 Å². The summed E-state index contributed by atoms with van der Waals surface area (Å²) < 4.78 is 2.46. The smallest absolute Gasteiger partial charge is 0.259 e. The van der Waals surface area contributed by atoms with Crippen LogP contribution in [0.2, 0.25) is 0 Å². The lowest BCUT2D eigenvalue weighted by atomic mass is 10.0. The Bertz CT molecular complexity index is 3200. The Kier molecular flexibility index (Phi) is 10.4. The van der Waals surface area contributed by atoms with E-state index in [1.807, 2.05) is 12.1 Å². The van der Waals surface area contributed by atoms with Crippen LogP contribution in [0.4, 0.5) is 34.4 Å². The summed E-state index contributed by atoms with van der Waals surface area (Å²) in [6, 6.07) is 30.3. The predicted molar refractivity (Wildman–Crippen MR) is 230 cm³/mol. The number of hydrogen-bond donors (Lipinski definition) is 4. The van der Waals surface area contributed by atoms with Gasteiger partial charge >= 0.3 is 0 Å². The molecule has 64 heavy (non-hydrogen) atoms. The van der Waals surface area contributed by atoms with Gasteiger partial charge in [0, 0.05) is 46.9 Å². The van der Waals surface area contributed by atoms with Gasteiger partial charge in [0.1, 0.15) is 34.6 Å². The summed E-state index contributed by atoms with van der Waals surface area (Å²) in [4.78, 5) is 44.1. The van der Waals surface area contributed by atoms with E-state index in [1.54, 1.807) is 60.7 Å². The van der Waals surface area contributed by atoms with Gasteiger partial charge in [0.15, 0.2) is 23.1 Å². The number of fused-ring (bicyclic) bond motifs is 2. The third kappa shape index (κ3) is 7.51. The number of hydrogen-bond acceptors (Lipinski definition) is 16. The van der Waals surface area contributed by atoms with Gasteiger partial charge in [0.25, 0.3) is 23.7 Å². The molecule has 20 nitrogen and oxygen atoms in total. The van der Waals surface area contributed by atoms with Gasteiger partial charge in [0.05, 0.1) is 23.5 Å². The van der Waals surface area contributed by atoms with Crippen LogP contribution < -0.4 is 10.6 Å². The maximum absolute atomic E-state index is 13.7. The highest BCUT2D eigenvalue weighted by atomic mass is 16.3. The number of phenols is 2. The summed E-state index contributed by atoms with van der Waals surface area (Å²) in [5, 5.41) is 75.4. The van der Waals surface area contributed by atoms with E-state index in [1.165, 1.54) is 82.9 Å². The van der Waals surface area contributed by atoms with Crippen LogP contribution in [-0.4, -0.2) is 61.5 Å². The van der Waals surface area contributed by atoms with Crippen LogP contribution in [0.25, 0.3) is 33.4 Å². The lowest BCUT2D eigenvalue weighted by molar-refractivity contribution is 0.101. The van der Waals surface area contributed by atoms with Crippen molar-refractivity contribution in [1.82, 2.24) is 39.5 Å². The Morgan fingerprint density at radius 3 is 1.33 bits per heavy atom. The average Bonchev–Trinajstić information content (AvgIpc) is 3.95. The minimum atomic E-state index is -0.680. The molecule has 4 N–H and O–H groups in total. The van der Waals surface area contributed by atoms with Crippen molar-refractivity contribution in [3.63, 3.8) is 0 Å². The second kappa shape index (κ2) is 16.9. The normalized spacial score (nSPS) is 11.2. The topological polar surface area (TPSA) is 283 Å². The van der Waals surface area contributed by atoms with E-state index in [2.05, 4.69) is 61.2 Å². The molecule has 2 amide bonds. The molecule has 0 saturated carbocycles. The minimum Gasteiger partial charge on any atom is -0.505 e. The summed E-state index contributed by atoms with van der Waals surface area (Å²) in [5.74, 6) is -2.00. The number of benzene rings is 5. The fourth-order valence-electron chi connectivity index (χ4n) is 6.54. The quantitative estimate of drug-likeness (QED) is 0.0944. The molecule has 20 heteroatoms. The Balaban J connectivity index is 0.962. The molecule has 0 aliphatic rings. The maximum Gasteiger partial charge on any atom is 0.259 e. The second-order valence-electron chi connectivity index (χ2n) is 13.5. The van der Waals surface area contributed by atoms with Gasteiger partial charge in [-0.2, -0.15) is 30.1 Å². The van der Waals surface area contributed by atoms with Crippen LogP contribution in [-0.2, 0) is 0 Å². The molecule has 0 aliphatic carbocycles. The van der Waals surface area contributed by atoms with Crippen LogP contribution in [0.3, 0.4) is 0 Å². The summed E-state index contributed by atoms with van der Waals surface area (Å²) in [6.07, 6.45) is 8.58. The molecular weight excluding hydrogens is 817 g/mol. The molecule has 0 fully saturated rings. The first-order chi connectivity index (χ1) is 31.3. The van der Waals surface area contributed by atoms with Gasteiger partial charge in [0.2, 0.25) is 0 Å². The number of carbonyl (C=O) groups excluding carboxylic acids is 2. The Labute approximate surface area is 359 Å². The number of rotatable bonds is 10. The molecule has 0 spiro atoms. The van der Waals surface area contributed by atoms with Gasteiger partial charge in [-0.1, -0.05) is 48.5 Å². The highest BCUT2D eigenvalue weighted by molar-refractivity contribution is 6.13. The average molecular weight is 843 g/mol. The maximum atomic E-state index is 13.7. The molecule has 9 rings (SSSR count). The number of carbonyl (C=O) groups is 2.